The number of benzene rings is 4. The predicted octanol–water partition coefficient (Wildman–Crippen LogP) is 4.11. The van der Waals surface area contributed by atoms with Crippen molar-refractivity contribution in [3.63, 3.8) is 0 Å². The Morgan fingerprint density at radius 1 is 0.587 bits per heavy atom. The summed E-state index contributed by atoms with van der Waals surface area (Å²) in [6.07, 6.45) is 2.41. The Balaban J connectivity index is 0.00000368. The van der Waals surface area contributed by atoms with Crippen molar-refractivity contribution < 1.29 is 45.0 Å². The minimum Gasteiger partial charge on any atom is -0.497 e. The summed E-state index contributed by atoms with van der Waals surface area (Å²) in [5.74, 6) is -0.0173. The summed E-state index contributed by atoms with van der Waals surface area (Å²) in [4.78, 5) is 24.1. The van der Waals surface area contributed by atoms with E-state index in [0.717, 1.165) is 12.1 Å². The first kappa shape index (κ1) is 39.2. The number of rotatable bonds is 10. The van der Waals surface area contributed by atoms with Crippen LogP contribution in [0.1, 0.15) is 31.8 Å². The zero-order valence-corrected chi connectivity index (χ0v) is 30.8. The number of methoxy groups -OCH3 is 2. The Bertz CT molecular complexity index is 1820. The van der Waals surface area contributed by atoms with Crippen LogP contribution in [0.3, 0.4) is 0 Å². The standard InChI is InChI=1S/C30H26N2O10S2.2Na/c1-41-25-13-7-21(8-14-25)29(33)31-23-11-5-19(27(17-23)43(35,36)37)3-4-20-6-12-24(18-28(20)44(38,39)40)32-30(34)22-9-15-26(42-2)16-10-22;;/h3-18H,1-2H3,(H,31,33)(H,32,34)(H,35,36,37)(H,38,39,40);;. The molecule has 4 aromatic carbocycles. The van der Waals surface area contributed by atoms with E-state index in [-0.39, 0.29) is 92.7 Å². The third kappa shape index (κ3) is 10.2. The minimum absolute atomic E-state index is 0. The maximum atomic E-state index is 12.6. The molecule has 4 N–H and O–H groups in total. The van der Waals surface area contributed by atoms with Crippen molar-refractivity contribution in [3.05, 3.63) is 107 Å². The fourth-order valence-corrected chi connectivity index (χ4v) is 5.44. The van der Waals surface area contributed by atoms with Gasteiger partial charge in [-0.25, -0.2) is 0 Å². The van der Waals surface area contributed by atoms with Crippen molar-refractivity contribution in [1.82, 2.24) is 0 Å². The van der Waals surface area contributed by atoms with Crippen LogP contribution >= 0.6 is 0 Å². The largest absolute Gasteiger partial charge is 0.497 e. The molecule has 0 aromatic heterocycles. The van der Waals surface area contributed by atoms with Crippen molar-refractivity contribution in [3.8, 4) is 11.5 Å². The van der Waals surface area contributed by atoms with Gasteiger partial charge in [-0.05, 0) is 83.9 Å². The number of carbonyl (C=O) groups is 2. The first-order valence-corrected chi connectivity index (χ1v) is 15.5. The van der Waals surface area contributed by atoms with E-state index >= 15 is 0 Å². The van der Waals surface area contributed by atoms with Gasteiger partial charge in [0.1, 0.15) is 21.3 Å². The van der Waals surface area contributed by atoms with E-state index in [2.05, 4.69) is 10.6 Å². The molecule has 0 saturated carbocycles. The molecule has 0 aliphatic heterocycles. The molecule has 0 atom stereocenters. The van der Waals surface area contributed by atoms with E-state index < -0.39 is 41.8 Å². The normalized spacial score (nSPS) is 11.1. The van der Waals surface area contributed by atoms with Crippen molar-refractivity contribution in [2.24, 2.45) is 0 Å². The molecule has 0 aliphatic carbocycles. The van der Waals surface area contributed by atoms with Gasteiger partial charge in [0.2, 0.25) is 0 Å². The van der Waals surface area contributed by atoms with Gasteiger partial charge in [-0.15, -0.1) is 0 Å². The number of hydrogen-bond acceptors (Lipinski definition) is 8. The Labute approximate surface area is 310 Å². The van der Waals surface area contributed by atoms with Crippen LogP contribution in [0.4, 0.5) is 11.4 Å². The van der Waals surface area contributed by atoms with Crippen LogP contribution in [0.15, 0.2) is 94.7 Å². The molecule has 16 heteroatoms. The van der Waals surface area contributed by atoms with Gasteiger partial charge in [-0.2, -0.15) is 16.8 Å². The van der Waals surface area contributed by atoms with Gasteiger partial charge in [0.25, 0.3) is 32.1 Å². The summed E-state index contributed by atoms with van der Waals surface area (Å²) in [7, 11) is -6.65. The number of ether oxygens (including phenoxy) is 2. The van der Waals surface area contributed by atoms with Gasteiger partial charge in [0.15, 0.2) is 0 Å². The van der Waals surface area contributed by atoms with E-state index in [0.29, 0.717) is 11.5 Å². The SMILES string of the molecule is COc1ccc(C(=O)Nc2ccc(C=Cc3ccc(NC(=O)c4ccc(OC)cc4)cc3S(=O)(=O)O)c(S(=O)(=O)O)c2)cc1.[Na].[Na]. The van der Waals surface area contributed by atoms with Crippen LogP contribution in [-0.2, 0) is 20.2 Å². The molecule has 0 heterocycles. The second-order valence-corrected chi connectivity index (χ2v) is 11.9. The molecule has 0 unspecified atom stereocenters. The van der Waals surface area contributed by atoms with E-state index in [1.54, 1.807) is 24.3 Å². The molecule has 4 rings (SSSR count). The average Bonchev–Trinajstić information content (AvgIpc) is 2.99. The van der Waals surface area contributed by atoms with Crippen molar-refractivity contribution in [2.75, 3.05) is 24.9 Å². The summed E-state index contributed by atoms with van der Waals surface area (Å²) in [6.45, 7) is 0. The molecule has 0 saturated heterocycles. The van der Waals surface area contributed by atoms with E-state index in [4.69, 9.17) is 9.47 Å². The predicted molar refractivity (Wildman–Crippen MR) is 175 cm³/mol. The third-order valence-corrected chi connectivity index (χ3v) is 8.06. The summed E-state index contributed by atoms with van der Waals surface area (Å²) in [5, 5.41) is 5.09. The van der Waals surface area contributed by atoms with Gasteiger partial charge >= 0.3 is 0 Å². The molecule has 0 fully saturated rings. The number of amides is 2. The topological polar surface area (TPSA) is 185 Å². The fraction of sp³-hybridized carbons (Fsp3) is 0.0667. The molecule has 0 spiro atoms. The molecule has 2 amide bonds. The average molecular weight is 685 g/mol. The van der Waals surface area contributed by atoms with Crippen LogP contribution < -0.4 is 20.1 Å². The summed E-state index contributed by atoms with van der Waals surface area (Å²) >= 11 is 0. The van der Waals surface area contributed by atoms with Gasteiger partial charge in [0, 0.05) is 81.6 Å². The van der Waals surface area contributed by atoms with Crippen LogP contribution in [0.2, 0.25) is 0 Å². The number of carbonyl (C=O) groups excluding carboxylic acids is 2. The van der Waals surface area contributed by atoms with Gasteiger partial charge < -0.3 is 20.1 Å². The maximum Gasteiger partial charge on any atom is 0.295 e. The van der Waals surface area contributed by atoms with Crippen LogP contribution in [0.5, 0.6) is 11.5 Å². The smallest absolute Gasteiger partial charge is 0.295 e. The quantitative estimate of drug-likeness (QED) is 0.108. The maximum absolute atomic E-state index is 12.6. The monoisotopic (exact) mass is 684 g/mol. The van der Waals surface area contributed by atoms with Crippen molar-refractivity contribution in [1.29, 1.82) is 0 Å². The molecule has 12 nitrogen and oxygen atoms in total. The zero-order valence-electron chi connectivity index (χ0n) is 25.2. The second-order valence-electron chi connectivity index (χ2n) is 9.15. The molecule has 230 valence electrons. The number of nitrogens with one attached hydrogen (secondary N) is 2. The third-order valence-electron chi connectivity index (χ3n) is 6.25. The molecule has 2 radical (unpaired) electrons. The summed E-state index contributed by atoms with van der Waals surface area (Å²) in [6, 6.07) is 19.8. The first-order valence-electron chi connectivity index (χ1n) is 12.6. The van der Waals surface area contributed by atoms with Crippen LogP contribution in [0.25, 0.3) is 12.2 Å². The number of anilines is 2. The Hall–Kier alpha value is -3.02. The van der Waals surface area contributed by atoms with Crippen LogP contribution in [-0.4, -0.2) is 111 Å². The Morgan fingerprint density at radius 2 is 0.913 bits per heavy atom. The molecule has 0 bridgehead atoms. The van der Waals surface area contributed by atoms with E-state index in [9.17, 15) is 35.5 Å². The van der Waals surface area contributed by atoms with E-state index in [1.165, 1.54) is 74.9 Å². The van der Waals surface area contributed by atoms with Crippen molar-refractivity contribution in [2.45, 2.75) is 9.79 Å². The number of hydrogen-bond donors (Lipinski definition) is 4. The van der Waals surface area contributed by atoms with E-state index in [1.807, 2.05) is 0 Å². The van der Waals surface area contributed by atoms with Gasteiger partial charge in [-0.1, -0.05) is 24.3 Å². The molecule has 4 aromatic rings. The van der Waals surface area contributed by atoms with Gasteiger partial charge in [0.05, 0.1) is 14.2 Å². The Morgan fingerprint density at radius 3 is 1.20 bits per heavy atom. The molecular formula is C30H26N2Na2O10S2. The summed E-state index contributed by atoms with van der Waals surface area (Å²) < 4.78 is 78.6. The Kier molecular flexibility index (Phi) is 14.2. The fourth-order valence-electron chi connectivity index (χ4n) is 4.02. The van der Waals surface area contributed by atoms with Gasteiger partial charge in [-0.3, -0.25) is 18.7 Å². The zero-order chi connectivity index (χ0) is 32.1. The van der Waals surface area contributed by atoms with Crippen molar-refractivity contribution >= 4 is 115 Å². The molecule has 46 heavy (non-hydrogen) atoms. The molecular weight excluding hydrogens is 658 g/mol. The second kappa shape index (κ2) is 16.7. The van der Waals surface area contributed by atoms with Crippen LogP contribution in [0, 0.1) is 0 Å². The molecule has 0 aliphatic rings. The first-order chi connectivity index (χ1) is 20.8. The minimum atomic E-state index is -4.80. The summed E-state index contributed by atoms with van der Waals surface area (Å²) in [5.41, 5.74) is 0.563.